The highest BCUT2D eigenvalue weighted by Crippen LogP contribution is 2.37. The maximum Gasteiger partial charge on any atom is 0.236 e. The van der Waals surface area contributed by atoms with Gasteiger partial charge in [0.25, 0.3) is 0 Å². The van der Waals surface area contributed by atoms with Gasteiger partial charge in [-0.05, 0) is 24.3 Å². The van der Waals surface area contributed by atoms with Crippen LogP contribution in [-0.2, 0) is 27.6 Å². The van der Waals surface area contributed by atoms with Crippen LogP contribution in [0.1, 0.15) is 11.3 Å². The predicted octanol–water partition coefficient (Wildman–Crippen LogP) is 3.37. The minimum atomic E-state index is -3.70. The van der Waals surface area contributed by atoms with Crippen molar-refractivity contribution in [2.45, 2.75) is 22.8 Å². The smallest absolute Gasteiger partial charge is 0.236 e. The number of carbonyl (C=O) groups is 1. The van der Waals surface area contributed by atoms with Gasteiger partial charge in [-0.2, -0.15) is 0 Å². The Morgan fingerprint density at radius 2 is 1.90 bits per heavy atom. The number of fused-ring (bicyclic) bond motifs is 3. The van der Waals surface area contributed by atoms with E-state index in [4.69, 9.17) is 16.0 Å². The van der Waals surface area contributed by atoms with Gasteiger partial charge in [0.15, 0.2) is 5.58 Å². The van der Waals surface area contributed by atoms with Crippen molar-refractivity contribution in [3.05, 3.63) is 58.8 Å². The molecule has 2 aromatic carbocycles. The quantitative estimate of drug-likeness (QED) is 0.632. The molecule has 152 valence electrons. The van der Waals surface area contributed by atoms with E-state index < -0.39 is 9.84 Å². The second-order valence-electron chi connectivity index (χ2n) is 7.35. The average molecular weight is 433 g/mol. The van der Waals surface area contributed by atoms with Gasteiger partial charge >= 0.3 is 0 Å². The van der Waals surface area contributed by atoms with Gasteiger partial charge in [0, 0.05) is 44.6 Å². The molecular formula is C21H21ClN2O4S. The zero-order valence-corrected chi connectivity index (χ0v) is 17.8. The van der Waals surface area contributed by atoms with Crippen LogP contribution in [0.2, 0.25) is 5.02 Å². The number of carbonyl (C=O) groups excluding carboxylic acids is 1. The van der Waals surface area contributed by atoms with Crippen LogP contribution in [0.25, 0.3) is 11.0 Å². The number of nitrogens with zero attached hydrogens (tertiary/aromatic N) is 2. The Hall–Kier alpha value is -2.35. The summed E-state index contributed by atoms with van der Waals surface area (Å²) in [4.78, 5) is 16.0. The van der Waals surface area contributed by atoms with Crippen LogP contribution in [0.3, 0.4) is 0 Å². The number of furan rings is 1. The van der Waals surface area contributed by atoms with Gasteiger partial charge in [0.1, 0.15) is 5.76 Å². The number of sulfone groups is 1. The maximum atomic E-state index is 13.1. The summed E-state index contributed by atoms with van der Waals surface area (Å²) in [7, 11) is -0.246. The lowest BCUT2D eigenvalue weighted by molar-refractivity contribution is -0.130. The molecule has 0 fully saturated rings. The predicted molar refractivity (Wildman–Crippen MR) is 111 cm³/mol. The first kappa shape index (κ1) is 19.9. The van der Waals surface area contributed by atoms with Crippen LogP contribution in [-0.4, -0.2) is 51.3 Å². The standard InChI is InChI=1S/C21H21ClN2O4S/c1-23(2)20(25)13-24-9-8-19-17(12-24)16-10-15(11-18(22)21(16)28-19)29(26,27)14-6-4-3-5-7-14/h3-7,10-11H,8-9,12-13H2,1-2H3. The number of benzene rings is 2. The third kappa shape index (κ3) is 3.66. The number of hydrogen-bond acceptors (Lipinski definition) is 5. The van der Waals surface area contributed by atoms with Crippen LogP contribution in [0.4, 0.5) is 0 Å². The summed E-state index contributed by atoms with van der Waals surface area (Å²) in [5.74, 6) is 0.816. The fourth-order valence-corrected chi connectivity index (χ4v) is 5.18. The second-order valence-corrected chi connectivity index (χ2v) is 9.71. The van der Waals surface area contributed by atoms with E-state index in [2.05, 4.69) is 0 Å². The van der Waals surface area contributed by atoms with Crippen molar-refractivity contribution in [1.29, 1.82) is 0 Å². The number of halogens is 1. The molecule has 0 N–H and O–H groups in total. The van der Waals surface area contributed by atoms with Gasteiger partial charge in [0.2, 0.25) is 15.7 Å². The molecule has 6 nitrogen and oxygen atoms in total. The van der Waals surface area contributed by atoms with Crippen LogP contribution < -0.4 is 0 Å². The molecule has 8 heteroatoms. The molecular weight excluding hydrogens is 412 g/mol. The van der Waals surface area contributed by atoms with Crippen LogP contribution in [0.15, 0.2) is 56.7 Å². The van der Waals surface area contributed by atoms with E-state index in [9.17, 15) is 13.2 Å². The van der Waals surface area contributed by atoms with Crippen molar-refractivity contribution >= 4 is 38.3 Å². The minimum absolute atomic E-state index is 0.0200. The lowest BCUT2D eigenvalue weighted by Crippen LogP contribution is -2.39. The largest absolute Gasteiger partial charge is 0.459 e. The number of rotatable bonds is 4. The lowest BCUT2D eigenvalue weighted by Gasteiger charge is -2.26. The van der Waals surface area contributed by atoms with Gasteiger partial charge in [-0.3, -0.25) is 9.69 Å². The molecule has 0 unspecified atom stereocenters. The molecule has 1 aliphatic heterocycles. The maximum absolute atomic E-state index is 13.1. The summed E-state index contributed by atoms with van der Waals surface area (Å²) in [5, 5.41) is 0.950. The molecule has 0 bridgehead atoms. The summed E-state index contributed by atoms with van der Waals surface area (Å²) >= 11 is 6.41. The van der Waals surface area contributed by atoms with Crippen molar-refractivity contribution in [3.8, 4) is 0 Å². The Labute approximate surface area is 174 Å². The summed E-state index contributed by atoms with van der Waals surface area (Å²) in [5.41, 5.74) is 1.38. The molecule has 0 saturated carbocycles. The number of hydrogen-bond donors (Lipinski definition) is 0. The number of likely N-dealkylation sites (N-methyl/N-ethyl adjacent to an activating group) is 1. The lowest BCUT2D eigenvalue weighted by atomic mass is 10.0. The molecule has 4 rings (SSSR count). The Morgan fingerprint density at radius 3 is 2.59 bits per heavy atom. The van der Waals surface area contributed by atoms with E-state index in [0.717, 1.165) is 11.3 Å². The van der Waals surface area contributed by atoms with Gasteiger partial charge in [-0.1, -0.05) is 29.8 Å². The van der Waals surface area contributed by atoms with Gasteiger partial charge in [0.05, 0.1) is 21.4 Å². The molecule has 29 heavy (non-hydrogen) atoms. The Balaban J connectivity index is 1.76. The zero-order chi connectivity index (χ0) is 20.8. The van der Waals surface area contributed by atoms with Gasteiger partial charge < -0.3 is 9.32 Å². The summed E-state index contributed by atoms with van der Waals surface area (Å²) in [6, 6.07) is 11.3. The van der Waals surface area contributed by atoms with Gasteiger partial charge in [-0.25, -0.2) is 8.42 Å². The molecule has 0 aliphatic carbocycles. The Kier molecular flexibility index (Phi) is 5.14. The molecule has 0 saturated heterocycles. The van der Waals surface area contributed by atoms with E-state index in [0.29, 0.717) is 37.0 Å². The molecule has 0 radical (unpaired) electrons. The Bertz CT molecular complexity index is 1190. The third-order valence-electron chi connectivity index (χ3n) is 5.16. The molecule has 1 aromatic heterocycles. The first-order valence-electron chi connectivity index (χ1n) is 9.24. The van der Waals surface area contributed by atoms with E-state index in [1.807, 2.05) is 4.90 Å². The van der Waals surface area contributed by atoms with Crippen LogP contribution in [0, 0.1) is 0 Å². The van der Waals surface area contributed by atoms with Crippen molar-refractivity contribution < 1.29 is 17.6 Å². The summed E-state index contributed by atoms with van der Waals surface area (Å²) < 4.78 is 32.1. The van der Waals surface area contributed by atoms with Crippen molar-refractivity contribution in [2.75, 3.05) is 27.2 Å². The molecule has 2 heterocycles. The Morgan fingerprint density at radius 1 is 1.17 bits per heavy atom. The monoisotopic (exact) mass is 432 g/mol. The topological polar surface area (TPSA) is 70.8 Å². The van der Waals surface area contributed by atoms with E-state index in [1.54, 1.807) is 55.4 Å². The second kappa shape index (κ2) is 7.48. The van der Waals surface area contributed by atoms with Crippen LogP contribution >= 0.6 is 11.6 Å². The molecule has 3 aromatic rings. The molecule has 1 aliphatic rings. The highest BCUT2D eigenvalue weighted by Gasteiger charge is 2.27. The van der Waals surface area contributed by atoms with E-state index in [1.165, 1.54) is 6.07 Å². The van der Waals surface area contributed by atoms with E-state index >= 15 is 0 Å². The first-order valence-corrected chi connectivity index (χ1v) is 11.1. The zero-order valence-electron chi connectivity index (χ0n) is 16.2. The molecule has 0 atom stereocenters. The highest BCUT2D eigenvalue weighted by molar-refractivity contribution is 7.91. The molecule has 1 amide bonds. The average Bonchev–Trinajstić information content (AvgIpc) is 3.07. The van der Waals surface area contributed by atoms with Crippen LogP contribution in [0.5, 0.6) is 0 Å². The summed E-state index contributed by atoms with van der Waals surface area (Å²) in [6.07, 6.45) is 0.641. The first-order chi connectivity index (χ1) is 13.8. The third-order valence-corrected chi connectivity index (χ3v) is 7.19. The fourth-order valence-electron chi connectivity index (χ4n) is 3.53. The fraction of sp³-hybridized carbons (Fsp3) is 0.286. The molecule has 0 spiro atoms. The van der Waals surface area contributed by atoms with Crippen molar-refractivity contribution in [1.82, 2.24) is 9.80 Å². The summed E-state index contributed by atoms with van der Waals surface area (Å²) in [6.45, 7) is 1.50. The minimum Gasteiger partial charge on any atom is -0.459 e. The van der Waals surface area contributed by atoms with Crippen molar-refractivity contribution in [3.63, 3.8) is 0 Å². The SMILES string of the molecule is CN(C)C(=O)CN1CCc2oc3c(Cl)cc(S(=O)(=O)c4ccccc4)cc3c2C1. The van der Waals surface area contributed by atoms with E-state index in [-0.39, 0.29) is 20.7 Å². The normalized spacial score (nSPS) is 14.7. The van der Waals surface area contributed by atoms with Crippen molar-refractivity contribution in [2.24, 2.45) is 0 Å². The van der Waals surface area contributed by atoms with Gasteiger partial charge in [-0.15, -0.1) is 0 Å². The highest BCUT2D eigenvalue weighted by atomic mass is 35.5. The number of amides is 1.